The van der Waals surface area contributed by atoms with Gasteiger partial charge in [0.25, 0.3) is 0 Å². The lowest BCUT2D eigenvalue weighted by Crippen LogP contribution is -2.62. The lowest BCUT2D eigenvalue weighted by Gasteiger charge is -2.59. The van der Waals surface area contributed by atoms with E-state index >= 15 is 0 Å². The summed E-state index contributed by atoms with van der Waals surface area (Å²) in [4.78, 5) is 37.3. The van der Waals surface area contributed by atoms with Gasteiger partial charge in [-0.15, -0.1) is 0 Å². The van der Waals surface area contributed by atoms with Crippen molar-refractivity contribution in [2.24, 2.45) is 16.7 Å². The van der Waals surface area contributed by atoms with Crippen LogP contribution in [0.2, 0.25) is 0 Å². The number of aromatic hydroxyl groups is 2. The number of phenolic OH excluding ortho intramolecular Hbond substituents is 2. The molecule has 0 bridgehead atoms. The van der Waals surface area contributed by atoms with E-state index in [0.29, 0.717) is 19.3 Å². The van der Waals surface area contributed by atoms with Gasteiger partial charge in [-0.1, -0.05) is 26.3 Å². The number of epoxide rings is 1. The molecule has 3 fully saturated rings. The summed E-state index contributed by atoms with van der Waals surface area (Å²) in [5.74, 6) is -2.40. The van der Waals surface area contributed by atoms with Crippen molar-refractivity contribution in [2.45, 2.75) is 111 Å². The van der Waals surface area contributed by atoms with Crippen molar-refractivity contribution in [3.63, 3.8) is 0 Å². The molecule has 0 spiro atoms. The molecule has 1 saturated heterocycles. The molecule has 0 aromatic heterocycles. The minimum Gasteiger partial charge on any atom is -0.504 e. The number of benzene rings is 1. The minimum atomic E-state index is -1.05. The van der Waals surface area contributed by atoms with Crippen LogP contribution in [0.4, 0.5) is 0 Å². The van der Waals surface area contributed by atoms with Gasteiger partial charge in [0.15, 0.2) is 17.6 Å². The Morgan fingerprint density at radius 1 is 1.02 bits per heavy atom. The topological polar surface area (TPSA) is 132 Å². The zero-order valence-corrected chi connectivity index (χ0v) is 25.0. The first-order chi connectivity index (χ1) is 18.4. The quantitative estimate of drug-likeness (QED) is 0.151. The van der Waals surface area contributed by atoms with Gasteiger partial charge in [-0.05, 0) is 59.3 Å². The van der Waals surface area contributed by atoms with Gasteiger partial charge in [0.05, 0.1) is 0 Å². The van der Waals surface area contributed by atoms with Crippen molar-refractivity contribution >= 4 is 17.9 Å². The number of hydrogen-bond donors (Lipinski definition) is 2. The highest BCUT2D eigenvalue weighted by Crippen LogP contribution is 2.77. The standard InChI is InChI=1S/C31H42O9/c1-16(2)14-24(35)39-23-11-12-29(8)22(28(23,6)7)10-13-30(9)31(29,40-30)27(38-19(5)33)25-17(3)26(36)20(34)15-21(25)37-18(4)32/h14-15,22-23,27,34,36H,10-13H2,1-9H3/t22-,23-,27-,29-,30+,31-/m0/s1. The van der Waals surface area contributed by atoms with Gasteiger partial charge in [0.2, 0.25) is 0 Å². The summed E-state index contributed by atoms with van der Waals surface area (Å²) in [6, 6.07) is 1.16. The number of allylic oxidation sites excluding steroid dienone is 1. The third-order valence-corrected chi connectivity index (χ3v) is 9.68. The molecule has 220 valence electrons. The summed E-state index contributed by atoms with van der Waals surface area (Å²) in [5.41, 5.74) is -1.34. The van der Waals surface area contributed by atoms with E-state index in [1.165, 1.54) is 19.9 Å². The summed E-state index contributed by atoms with van der Waals surface area (Å²) in [6.07, 6.45) is 2.79. The fourth-order valence-electron chi connectivity index (χ4n) is 7.97. The van der Waals surface area contributed by atoms with Gasteiger partial charge in [0.1, 0.15) is 23.1 Å². The number of rotatable bonds is 6. The van der Waals surface area contributed by atoms with Crippen molar-refractivity contribution < 1.29 is 43.5 Å². The Hall–Kier alpha value is -3.07. The first-order valence-electron chi connectivity index (χ1n) is 13.9. The second-order valence-corrected chi connectivity index (χ2v) is 12.9. The molecule has 0 unspecified atom stereocenters. The highest BCUT2D eigenvalue weighted by molar-refractivity contribution is 5.82. The minimum absolute atomic E-state index is 0.00639. The molecule has 6 atom stereocenters. The number of carbonyl (C=O) groups is 3. The smallest absolute Gasteiger partial charge is 0.330 e. The van der Waals surface area contributed by atoms with E-state index in [-0.39, 0.29) is 34.9 Å². The first-order valence-corrected chi connectivity index (χ1v) is 13.9. The van der Waals surface area contributed by atoms with Crippen molar-refractivity contribution in [3.8, 4) is 17.2 Å². The van der Waals surface area contributed by atoms with Gasteiger partial charge < -0.3 is 29.2 Å². The molecule has 2 saturated carbocycles. The summed E-state index contributed by atoms with van der Waals surface area (Å²) in [7, 11) is 0. The number of phenols is 2. The van der Waals surface area contributed by atoms with Crippen LogP contribution in [0.15, 0.2) is 17.7 Å². The average Bonchev–Trinajstić information content (AvgIpc) is 3.46. The Labute approximate surface area is 235 Å². The zero-order valence-electron chi connectivity index (χ0n) is 25.0. The fourth-order valence-corrected chi connectivity index (χ4v) is 7.97. The Morgan fingerprint density at radius 3 is 2.25 bits per heavy atom. The number of hydrogen-bond acceptors (Lipinski definition) is 9. The van der Waals surface area contributed by atoms with Gasteiger partial charge in [-0.2, -0.15) is 0 Å². The lowest BCUT2D eigenvalue weighted by atomic mass is 9.44. The fraction of sp³-hybridized carbons (Fsp3) is 0.645. The van der Waals surface area contributed by atoms with E-state index in [4.69, 9.17) is 18.9 Å². The molecule has 40 heavy (non-hydrogen) atoms. The van der Waals surface area contributed by atoms with Gasteiger partial charge in [0, 0.05) is 47.9 Å². The van der Waals surface area contributed by atoms with E-state index in [2.05, 4.69) is 20.8 Å². The maximum Gasteiger partial charge on any atom is 0.330 e. The zero-order chi connectivity index (χ0) is 30.0. The molecule has 1 aromatic carbocycles. The largest absolute Gasteiger partial charge is 0.504 e. The molecular formula is C31H42O9. The second kappa shape index (κ2) is 9.79. The van der Waals surface area contributed by atoms with Crippen molar-refractivity contribution in [3.05, 3.63) is 28.8 Å². The average molecular weight is 559 g/mol. The highest BCUT2D eigenvalue weighted by atomic mass is 16.7. The van der Waals surface area contributed by atoms with Crippen LogP contribution in [0.25, 0.3) is 0 Å². The highest BCUT2D eigenvalue weighted by Gasteiger charge is 2.84. The molecule has 2 N–H and O–H groups in total. The van der Waals surface area contributed by atoms with E-state index in [0.717, 1.165) is 18.1 Å². The molecule has 1 aliphatic heterocycles. The maximum atomic E-state index is 12.6. The third-order valence-electron chi connectivity index (χ3n) is 9.68. The number of fused-ring (bicyclic) bond motifs is 3. The van der Waals surface area contributed by atoms with Crippen LogP contribution in [0.3, 0.4) is 0 Å². The van der Waals surface area contributed by atoms with E-state index in [1.807, 2.05) is 20.8 Å². The molecule has 9 nitrogen and oxygen atoms in total. The molecule has 4 rings (SSSR count). The molecule has 3 aliphatic rings. The SMILES string of the molecule is CC(=O)Oc1cc(O)c(O)c(C)c1[C@H](OC(C)=O)[C@@]12O[C@]1(C)CC[C@H]1C(C)(C)[C@@H](OC(=O)C=C(C)C)CC[C@@]12C. The predicted molar refractivity (Wildman–Crippen MR) is 146 cm³/mol. The van der Waals surface area contributed by atoms with Crippen LogP contribution in [0.5, 0.6) is 17.2 Å². The van der Waals surface area contributed by atoms with E-state index in [9.17, 15) is 24.6 Å². The molecule has 0 radical (unpaired) electrons. The maximum absolute atomic E-state index is 12.6. The summed E-state index contributed by atoms with van der Waals surface area (Å²) >= 11 is 0. The molecule has 0 amide bonds. The Kier molecular flexibility index (Phi) is 7.32. The van der Waals surface area contributed by atoms with Crippen LogP contribution in [-0.2, 0) is 28.6 Å². The summed E-state index contributed by atoms with van der Waals surface area (Å²) in [6.45, 7) is 16.2. The van der Waals surface area contributed by atoms with Crippen molar-refractivity contribution in [1.82, 2.24) is 0 Å². The summed E-state index contributed by atoms with van der Waals surface area (Å²) < 4.78 is 24.2. The number of carbonyl (C=O) groups excluding carboxylic acids is 3. The van der Waals surface area contributed by atoms with Crippen molar-refractivity contribution in [1.29, 1.82) is 0 Å². The monoisotopic (exact) mass is 558 g/mol. The third kappa shape index (κ3) is 4.46. The lowest BCUT2D eigenvalue weighted by molar-refractivity contribution is -0.189. The van der Waals surface area contributed by atoms with Crippen LogP contribution < -0.4 is 4.74 Å². The van der Waals surface area contributed by atoms with Gasteiger partial charge >= 0.3 is 17.9 Å². The Balaban J connectivity index is 1.87. The van der Waals surface area contributed by atoms with Crippen molar-refractivity contribution in [2.75, 3.05) is 0 Å². The number of esters is 3. The molecular weight excluding hydrogens is 516 g/mol. The molecule has 9 heteroatoms. The van der Waals surface area contributed by atoms with E-state index in [1.54, 1.807) is 6.92 Å². The van der Waals surface area contributed by atoms with Gasteiger partial charge in [-0.25, -0.2) is 4.79 Å². The summed E-state index contributed by atoms with van der Waals surface area (Å²) in [5, 5.41) is 21.1. The molecule has 1 aromatic rings. The second-order valence-electron chi connectivity index (χ2n) is 12.9. The Bertz CT molecular complexity index is 1280. The first kappa shape index (κ1) is 29.9. The predicted octanol–water partition coefficient (Wildman–Crippen LogP) is 5.58. The van der Waals surface area contributed by atoms with Gasteiger partial charge in [-0.3, -0.25) is 9.59 Å². The normalized spacial score (nSPS) is 32.5. The van der Waals surface area contributed by atoms with E-state index < -0.39 is 51.6 Å². The Morgan fingerprint density at radius 2 is 1.68 bits per heavy atom. The van der Waals surface area contributed by atoms with Crippen LogP contribution in [0, 0.1) is 23.7 Å². The number of ether oxygens (including phenoxy) is 4. The van der Waals surface area contributed by atoms with Crippen LogP contribution >= 0.6 is 0 Å². The molecule has 2 aliphatic carbocycles. The molecule has 1 heterocycles. The van der Waals surface area contributed by atoms with Crippen LogP contribution in [0.1, 0.15) is 98.3 Å². The van der Waals surface area contributed by atoms with Crippen LogP contribution in [-0.4, -0.2) is 45.4 Å².